The molecule has 0 unspecified atom stereocenters. The molecule has 4 aromatic rings. The number of carbonyl (C=O) groups excluding carboxylic acids is 3. The van der Waals surface area contributed by atoms with Gasteiger partial charge >= 0.3 is 0 Å². The van der Waals surface area contributed by atoms with E-state index in [-0.39, 0.29) is 37.8 Å². The fourth-order valence-electron chi connectivity index (χ4n) is 5.02. The molecule has 12 nitrogen and oxygen atoms in total. The molecule has 0 aliphatic carbocycles. The minimum atomic E-state index is -1.05. The zero-order chi connectivity index (χ0) is 30.5. The third-order valence-electron chi connectivity index (χ3n) is 7.15. The number of aromatic amines is 1. The standard InChI is InChI=1S/C30H29FN6O6S/c31-20-3-7-23(8-4-20)43-22-5-1-19(2-6-22)27(39)35-16-26(38)37-18-30(41-11-12-42-30)14-25(37)28(40)34-15-24-13-21(17-44-24)36-29-32-9-10-33-29/h1-10,13,17,25H,11-12,14-16,18H2,(H,34,40)(H,35,39)(H2,32,33,36)/t25-/m0/s1. The van der Waals surface area contributed by atoms with Crippen LogP contribution in [0, 0.1) is 5.82 Å². The number of ether oxygens (including phenoxy) is 3. The van der Waals surface area contributed by atoms with Crippen molar-refractivity contribution in [2.75, 3.05) is 31.6 Å². The Bertz CT molecular complexity index is 1610. The highest BCUT2D eigenvalue weighted by Crippen LogP contribution is 2.35. The number of likely N-dealkylation sites (tertiary alicyclic amines) is 1. The van der Waals surface area contributed by atoms with Gasteiger partial charge in [-0.3, -0.25) is 14.4 Å². The molecular formula is C30H29FN6O6S. The molecule has 2 aromatic heterocycles. The maximum atomic E-state index is 13.3. The van der Waals surface area contributed by atoms with Crippen LogP contribution >= 0.6 is 11.3 Å². The maximum absolute atomic E-state index is 13.3. The summed E-state index contributed by atoms with van der Waals surface area (Å²) in [6.45, 7) is 0.766. The first-order valence-corrected chi connectivity index (χ1v) is 14.7. The first-order valence-electron chi connectivity index (χ1n) is 13.9. The minimum Gasteiger partial charge on any atom is -0.457 e. The molecular weight excluding hydrogens is 591 g/mol. The molecule has 2 aliphatic rings. The summed E-state index contributed by atoms with van der Waals surface area (Å²) in [6, 6.07) is 13.0. The third kappa shape index (κ3) is 6.88. The number of hydrogen-bond donors (Lipinski definition) is 4. The van der Waals surface area contributed by atoms with Crippen molar-refractivity contribution in [3.63, 3.8) is 0 Å². The van der Waals surface area contributed by atoms with Gasteiger partial charge in [-0.15, -0.1) is 11.3 Å². The number of imidazole rings is 1. The van der Waals surface area contributed by atoms with Crippen molar-refractivity contribution in [1.82, 2.24) is 25.5 Å². The molecule has 2 aromatic carbocycles. The van der Waals surface area contributed by atoms with Crippen LogP contribution in [-0.2, 0) is 25.6 Å². The number of benzene rings is 2. The number of nitrogens with zero attached hydrogens (tertiary/aromatic N) is 2. The van der Waals surface area contributed by atoms with Crippen LogP contribution in [0.15, 0.2) is 72.4 Å². The number of aromatic nitrogens is 2. The molecule has 4 N–H and O–H groups in total. The van der Waals surface area contributed by atoms with Gasteiger partial charge in [0.25, 0.3) is 5.91 Å². The van der Waals surface area contributed by atoms with Gasteiger partial charge in [-0.05, 0) is 54.6 Å². The van der Waals surface area contributed by atoms with Gasteiger partial charge in [0, 0.05) is 34.6 Å². The number of anilines is 2. The summed E-state index contributed by atoms with van der Waals surface area (Å²) in [4.78, 5) is 48.8. The topological polar surface area (TPSA) is 147 Å². The Hall–Kier alpha value is -4.79. The van der Waals surface area contributed by atoms with E-state index in [1.807, 2.05) is 11.4 Å². The highest BCUT2D eigenvalue weighted by molar-refractivity contribution is 7.10. The van der Waals surface area contributed by atoms with Gasteiger partial charge in [0.05, 0.1) is 38.5 Å². The second kappa shape index (κ2) is 12.8. The molecule has 3 amide bonds. The molecule has 6 rings (SSSR count). The van der Waals surface area contributed by atoms with Crippen LogP contribution in [0.4, 0.5) is 16.0 Å². The Morgan fingerprint density at radius 1 is 1.07 bits per heavy atom. The summed E-state index contributed by atoms with van der Waals surface area (Å²) < 4.78 is 30.4. The summed E-state index contributed by atoms with van der Waals surface area (Å²) in [6.07, 6.45) is 3.54. The van der Waals surface area contributed by atoms with Gasteiger partial charge in [0.2, 0.25) is 17.8 Å². The molecule has 2 fully saturated rings. The molecule has 1 spiro atoms. The number of H-pyrrole nitrogens is 1. The van der Waals surface area contributed by atoms with E-state index in [0.717, 1.165) is 10.6 Å². The number of halogens is 1. The van der Waals surface area contributed by atoms with Gasteiger partial charge in [-0.25, -0.2) is 9.37 Å². The van der Waals surface area contributed by atoms with Gasteiger partial charge in [0.15, 0.2) is 5.79 Å². The van der Waals surface area contributed by atoms with Crippen LogP contribution in [0.1, 0.15) is 21.7 Å². The average molecular weight is 621 g/mol. The molecule has 14 heteroatoms. The van der Waals surface area contributed by atoms with Crippen molar-refractivity contribution < 1.29 is 33.0 Å². The number of carbonyl (C=O) groups is 3. The normalized spacial score (nSPS) is 17.0. The van der Waals surface area contributed by atoms with Gasteiger partial charge in [-0.1, -0.05) is 0 Å². The van der Waals surface area contributed by atoms with E-state index in [4.69, 9.17) is 14.2 Å². The summed E-state index contributed by atoms with van der Waals surface area (Å²) in [5, 5.41) is 10.6. The largest absolute Gasteiger partial charge is 0.457 e. The first-order chi connectivity index (χ1) is 21.4. The molecule has 0 bridgehead atoms. The fraction of sp³-hybridized carbons (Fsp3) is 0.267. The predicted octanol–water partition coefficient (Wildman–Crippen LogP) is 3.54. The van der Waals surface area contributed by atoms with Gasteiger partial charge < -0.3 is 40.0 Å². The van der Waals surface area contributed by atoms with Crippen molar-refractivity contribution in [2.24, 2.45) is 0 Å². The number of thiophene rings is 1. The second-order valence-electron chi connectivity index (χ2n) is 10.2. The monoisotopic (exact) mass is 620 g/mol. The molecule has 2 saturated heterocycles. The zero-order valence-electron chi connectivity index (χ0n) is 23.4. The lowest BCUT2D eigenvalue weighted by Crippen LogP contribution is -2.49. The Morgan fingerprint density at radius 3 is 2.50 bits per heavy atom. The molecule has 44 heavy (non-hydrogen) atoms. The Morgan fingerprint density at radius 2 is 1.80 bits per heavy atom. The van der Waals surface area contributed by atoms with Crippen molar-refractivity contribution in [1.29, 1.82) is 0 Å². The number of amides is 3. The molecule has 2 aliphatic heterocycles. The highest BCUT2D eigenvalue weighted by Gasteiger charge is 2.52. The van der Waals surface area contributed by atoms with E-state index in [1.54, 1.807) is 36.7 Å². The lowest BCUT2D eigenvalue weighted by molar-refractivity contribution is -0.152. The highest BCUT2D eigenvalue weighted by atomic mass is 32.1. The second-order valence-corrected chi connectivity index (χ2v) is 11.2. The van der Waals surface area contributed by atoms with Crippen molar-refractivity contribution in [3.05, 3.63) is 88.6 Å². The zero-order valence-corrected chi connectivity index (χ0v) is 24.2. The Balaban J connectivity index is 1.04. The van der Waals surface area contributed by atoms with Crippen LogP contribution in [-0.4, -0.2) is 70.7 Å². The van der Waals surface area contributed by atoms with Gasteiger partial charge in [0.1, 0.15) is 23.4 Å². The van der Waals surface area contributed by atoms with Crippen molar-refractivity contribution in [2.45, 2.75) is 24.8 Å². The smallest absolute Gasteiger partial charge is 0.251 e. The number of nitrogens with one attached hydrogen (secondary N) is 4. The van der Waals surface area contributed by atoms with E-state index >= 15 is 0 Å². The predicted molar refractivity (Wildman–Crippen MR) is 158 cm³/mol. The molecule has 1 atom stereocenters. The van der Waals surface area contributed by atoms with Crippen LogP contribution < -0.4 is 20.7 Å². The number of rotatable bonds is 10. The number of hydrogen-bond acceptors (Lipinski definition) is 9. The maximum Gasteiger partial charge on any atom is 0.251 e. The molecule has 228 valence electrons. The molecule has 4 heterocycles. The van der Waals surface area contributed by atoms with Crippen LogP contribution in [0.25, 0.3) is 0 Å². The molecule has 0 saturated carbocycles. The fourth-order valence-corrected chi connectivity index (χ4v) is 5.77. The quantitative estimate of drug-likeness (QED) is 0.211. The van der Waals surface area contributed by atoms with Crippen LogP contribution in [0.3, 0.4) is 0 Å². The van der Waals surface area contributed by atoms with E-state index in [9.17, 15) is 18.8 Å². The van der Waals surface area contributed by atoms with Crippen molar-refractivity contribution in [3.8, 4) is 11.5 Å². The summed E-state index contributed by atoms with van der Waals surface area (Å²) >= 11 is 1.47. The van der Waals surface area contributed by atoms with E-state index < -0.39 is 23.6 Å². The lowest BCUT2D eigenvalue weighted by Gasteiger charge is -2.24. The SMILES string of the molecule is O=C(NCC(=O)N1CC2(C[C@H]1C(=O)NCc1cc(Nc3ncc[nH]3)cs1)OCCO2)c1ccc(Oc2ccc(F)cc2)cc1. The van der Waals surface area contributed by atoms with E-state index in [2.05, 4.69) is 25.9 Å². The Kier molecular flexibility index (Phi) is 8.54. The molecule has 0 radical (unpaired) electrons. The summed E-state index contributed by atoms with van der Waals surface area (Å²) in [5.41, 5.74) is 1.15. The van der Waals surface area contributed by atoms with E-state index in [1.165, 1.54) is 40.5 Å². The van der Waals surface area contributed by atoms with Crippen LogP contribution in [0.2, 0.25) is 0 Å². The summed E-state index contributed by atoms with van der Waals surface area (Å²) in [7, 11) is 0. The summed E-state index contributed by atoms with van der Waals surface area (Å²) in [5.74, 6) is -1.14. The van der Waals surface area contributed by atoms with Crippen LogP contribution in [0.5, 0.6) is 11.5 Å². The average Bonchev–Trinajstić information content (AvgIpc) is 3.86. The van der Waals surface area contributed by atoms with Crippen molar-refractivity contribution >= 4 is 40.7 Å². The van der Waals surface area contributed by atoms with Gasteiger partial charge in [-0.2, -0.15) is 0 Å². The first kappa shape index (κ1) is 29.3. The van der Waals surface area contributed by atoms with E-state index in [0.29, 0.717) is 36.2 Å². The minimum absolute atomic E-state index is 0.0748. The third-order valence-corrected chi connectivity index (χ3v) is 8.08. The Labute approximate surface area is 255 Å². The lowest BCUT2D eigenvalue weighted by atomic mass is 10.1.